The second-order valence-electron chi connectivity index (χ2n) is 2.48. The number of aliphatic hydroxyl groups is 1. The minimum atomic E-state index is -2.88. The lowest BCUT2D eigenvalue weighted by atomic mass is 10.1. The van der Waals surface area contributed by atoms with Gasteiger partial charge in [-0.15, -0.1) is 0 Å². The first-order chi connectivity index (χ1) is 6.63. The fourth-order valence-corrected chi connectivity index (χ4v) is 0.914. The van der Waals surface area contributed by atoms with Gasteiger partial charge >= 0.3 is 6.61 Å². The number of Topliss-reactive ketones (excluding diaryl/α,β-unsaturated/α-hetero) is 1. The van der Waals surface area contributed by atoms with Crippen molar-refractivity contribution in [2.75, 3.05) is 6.61 Å². The van der Waals surface area contributed by atoms with Crippen LogP contribution < -0.4 is 4.74 Å². The summed E-state index contributed by atoms with van der Waals surface area (Å²) in [6, 6.07) is 5.12. The van der Waals surface area contributed by atoms with Gasteiger partial charge in [-0.05, 0) is 24.3 Å². The summed E-state index contributed by atoms with van der Waals surface area (Å²) in [5.41, 5.74) is 0.258. The van der Waals surface area contributed by atoms with E-state index in [0.717, 1.165) is 0 Å². The van der Waals surface area contributed by atoms with Gasteiger partial charge in [-0.2, -0.15) is 8.78 Å². The number of carbonyl (C=O) groups is 1. The predicted octanol–water partition coefficient (Wildman–Crippen LogP) is 1.46. The normalized spacial score (nSPS) is 10.3. The van der Waals surface area contributed by atoms with E-state index in [0.29, 0.717) is 0 Å². The van der Waals surface area contributed by atoms with Gasteiger partial charge in [-0.1, -0.05) is 0 Å². The maximum absolute atomic E-state index is 11.7. The molecule has 0 saturated heterocycles. The molecule has 0 aliphatic carbocycles. The van der Waals surface area contributed by atoms with E-state index in [1.807, 2.05) is 0 Å². The maximum Gasteiger partial charge on any atom is 0.387 e. The van der Waals surface area contributed by atoms with E-state index in [9.17, 15) is 13.6 Å². The summed E-state index contributed by atoms with van der Waals surface area (Å²) in [4.78, 5) is 10.9. The highest BCUT2D eigenvalue weighted by Gasteiger charge is 2.06. The number of hydrogen-bond acceptors (Lipinski definition) is 3. The zero-order chi connectivity index (χ0) is 10.6. The van der Waals surface area contributed by atoms with Crippen LogP contribution in [0.5, 0.6) is 5.75 Å². The number of hydrogen-bond donors (Lipinski definition) is 1. The minimum absolute atomic E-state index is 0.0190. The van der Waals surface area contributed by atoms with Crippen LogP contribution in [0.1, 0.15) is 10.4 Å². The molecule has 0 atom stereocenters. The SMILES string of the molecule is O=C(CO)c1ccc(OC(F)F)cc1. The largest absolute Gasteiger partial charge is 0.435 e. The Morgan fingerprint density at radius 1 is 1.36 bits per heavy atom. The number of carbonyl (C=O) groups excluding carboxylic acids is 1. The van der Waals surface area contributed by atoms with Gasteiger partial charge in [-0.3, -0.25) is 4.79 Å². The van der Waals surface area contributed by atoms with Gasteiger partial charge in [0, 0.05) is 5.56 Å². The van der Waals surface area contributed by atoms with Gasteiger partial charge in [0.15, 0.2) is 5.78 Å². The first kappa shape index (κ1) is 10.6. The first-order valence-electron chi connectivity index (χ1n) is 3.82. The van der Waals surface area contributed by atoms with Crippen LogP contribution in [0.25, 0.3) is 0 Å². The van der Waals surface area contributed by atoms with Gasteiger partial charge in [0.05, 0.1) is 0 Å². The molecule has 0 radical (unpaired) electrons. The van der Waals surface area contributed by atoms with Gasteiger partial charge in [0.2, 0.25) is 0 Å². The quantitative estimate of drug-likeness (QED) is 0.752. The van der Waals surface area contributed by atoms with E-state index in [1.165, 1.54) is 24.3 Å². The van der Waals surface area contributed by atoms with Crippen LogP contribution in [0.2, 0.25) is 0 Å². The predicted molar refractivity (Wildman–Crippen MR) is 44.5 cm³/mol. The second kappa shape index (κ2) is 4.66. The Hall–Kier alpha value is -1.49. The molecule has 5 heteroatoms. The van der Waals surface area contributed by atoms with Crippen LogP contribution in [0.4, 0.5) is 8.78 Å². The number of ether oxygens (including phenoxy) is 1. The van der Waals surface area contributed by atoms with E-state index in [4.69, 9.17) is 5.11 Å². The lowest BCUT2D eigenvalue weighted by molar-refractivity contribution is -0.0498. The zero-order valence-corrected chi connectivity index (χ0v) is 7.11. The Labute approximate surface area is 78.9 Å². The molecule has 0 bridgehead atoms. The van der Waals surface area contributed by atoms with Crippen molar-refractivity contribution < 1.29 is 23.4 Å². The molecule has 1 aromatic carbocycles. The highest BCUT2D eigenvalue weighted by Crippen LogP contribution is 2.14. The molecule has 1 rings (SSSR count). The van der Waals surface area contributed by atoms with E-state index in [2.05, 4.69) is 4.74 Å². The highest BCUT2D eigenvalue weighted by atomic mass is 19.3. The molecule has 1 N–H and O–H groups in total. The number of rotatable bonds is 4. The fourth-order valence-electron chi connectivity index (χ4n) is 0.914. The average Bonchev–Trinajstić information content (AvgIpc) is 2.17. The molecule has 0 aromatic heterocycles. The molecular weight excluding hydrogens is 194 g/mol. The molecule has 1 aromatic rings. The fraction of sp³-hybridized carbons (Fsp3) is 0.222. The summed E-state index contributed by atoms with van der Waals surface area (Å²) >= 11 is 0. The van der Waals surface area contributed by atoms with Crippen molar-refractivity contribution in [1.29, 1.82) is 0 Å². The number of ketones is 1. The van der Waals surface area contributed by atoms with Crippen molar-refractivity contribution in [1.82, 2.24) is 0 Å². The number of aliphatic hydroxyl groups excluding tert-OH is 1. The van der Waals surface area contributed by atoms with Gasteiger partial charge in [0.25, 0.3) is 0 Å². The standard InChI is InChI=1S/C9H8F2O3/c10-9(11)14-7-3-1-6(2-4-7)8(13)5-12/h1-4,9,12H,5H2. The van der Waals surface area contributed by atoms with Crippen molar-refractivity contribution in [3.05, 3.63) is 29.8 Å². The van der Waals surface area contributed by atoms with Crippen LogP contribution >= 0.6 is 0 Å². The molecular formula is C9H8F2O3. The van der Waals surface area contributed by atoms with Crippen LogP contribution in [-0.2, 0) is 0 Å². The molecule has 0 aliphatic heterocycles. The van der Waals surface area contributed by atoms with E-state index in [-0.39, 0.29) is 11.3 Å². The molecule has 0 spiro atoms. The summed E-state index contributed by atoms with van der Waals surface area (Å²) in [6.07, 6.45) is 0. The highest BCUT2D eigenvalue weighted by molar-refractivity contribution is 5.96. The molecule has 0 aliphatic rings. The Morgan fingerprint density at radius 2 is 1.93 bits per heavy atom. The minimum Gasteiger partial charge on any atom is -0.435 e. The lowest BCUT2D eigenvalue weighted by Crippen LogP contribution is -2.05. The van der Waals surface area contributed by atoms with Crippen molar-refractivity contribution in [2.24, 2.45) is 0 Å². The first-order valence-corrected chi connectivity index (χ1v) is 3.82. The monoisotopic (exact) mass is 202 g/mol. The van der Waals surface area contributed by atoms with Gasteiger partial charge in [0.1, 0.15) is 12.4 Å². The molecule has 0 unspecified atom stereocenters. The van der Waals surface area contributed by atoms with Crippen molar-refractivity contribution >= 4 is 5.78 Å². The Balaban J connectivity index is 2.73. The van der Waals surface area contributed by atoms with Crippen LogP contribution in [0.15, 0.2) is 24.3 Å². The smallest absolute Gasteiger partial charge is 0.387 e. The van der Waals surface area contributed by atoms with Crippen molar-refractivity contribution in [3.63, 3.8) is 0 Å². The van der Waals surface area contributed by atoms with Crippen molar-refractivity contribution in [2.45, 2.75) is 6.61 Å². The second-order valence-corrected chi connectivity index (χ2v) is 2.48. The Kier molecular flexibility index (Phi) is 3.53. The number of benzene rings is 1. The van der Waals surface area contributed by atoms with Gasteiger partial charge in [-0.25, -0.2) is 0 Å². The molecule has 3 nitrogen and oxygen atoms in total. The number of alkyl halides is 2. The van der Waals surface area contributed by atoms with E-state index >= 15 is 0 Å². The molecule has 0 fully saturated rings. The third kappa shape index (κ3) is 2.77. The van der Waals surface area contributed by atoms with Crippen LogP contribution in [0.3, 0.4) is 0 Å². The maximum atomic E-state index is 11.7. The van der Waals surface area contributed by atoms with Crippen LogP contribution in [-0.4, -0.2) is 24.1 Å². The Bertz CT molecular complexity index is 308. The zero-order valence-electron chi connectivity index (χ0n) is 7.11. The van der Waals surface area contributed by atoms with Crippen LogP contribution in [0, 0.1) is 0 Å². The number of halogens is 2. The molecule has 0 saturated carbocycles. The molecule has 14 heavy (non-hydrogen) atoms. The summed E-state index contributed by atoms with van der Waals surface area (Å²) < 4.78 is 27.5. The third-order valence-electron chi connectivity index (χ3n) is 1.55. The molecule has 0 amide bonds. The van der Waals surface area contributed by atoms with Gasteiger partial charge < -0.3 is 9.84 Å². The summed E-state index contributed by atoms with van der Waals surface area (Å²) in [5.74, 6) is -0.483. The molecule has 0 heterocycles. The molecule has 76 valence electrons. The van der Waals surface area contributed by atoms with E-state index < -0.39 is 19.0 Å². The topological polar surface area (TPSA) is 46.5 Å². The summed E-state index contributed by atoms with van der Waals surface area (Å²) in [7, 11) is 0. The summed E-state index contributed by atoms with van der Waals surface area (Å²) in [5, 5.41) is 8.50. The van der Waals surface area contributed by atoms with Crippen molar-refractivity contribution in [3.8, 4) is 5.75 Å². The lowest BCUT2D eigenvalue weighted by Gasteiger charge is -2.04. The Morgan fingerprint density at radius 3 is 2.36 bits per heavy atom. The summed E-state index contributed by atoms with van der Waals surface area (Å²) in [6.45, 7) is -3.48. The van der Waals surface area contributed by atoms with E-state index in [1.54, 1.807) is 0 Å². The third-order valence-corrected chi connectivity index (χ3v) is 1.55. The average molecular weight is 202 g/mol.